The molecule has 0 saturated heterocycles. The van der Waals surface area contributed by atoms with Gasteiger partial charge in [-0.25, -0.2) is 0 Å². The van der Waals surface area contributed by atoms with Gasteiger partial charge in [0.15, 0.2) is 0 Å². The van der Waals surface area contributed by atoms with Crippen LogP contribution < -0.4 is 0 Å². The minimum atomic E-state index is -0.134. The van der Waals surface area contributed by atoms with Gasteiger partial charge in [0.05, 0.1) is 0 Å². The fourth-order valence-corrected chi connectivity index (χ4v) is 2.64. The molecule has 0 N–H and O–H groups in total. The molecular formula is C20H26N2O. The molecule has 0 aliphatic heterocycles. The average Bonchev–Trinajstić information content (AvgIpc) is 2.54. The molecule has 3 heteroatoms. The largest absolute Gasteiger partial charge is 0.345 e. The Kier molecular flexibility index (Phi) is 4.90. The lowest BCUT2D eigenvalue weighted by atomic mass is 9.84. The summed E-state index contributed by atoms with van der Waals surface area (Å²) in [4.78, 5) is 16.4. The Bertz CT molecular complexity index is 702. The lowest BCUT2D eigenvalue weighted by Gasteiger charge is -2.35. The molecule has 0 aliphatic carbocycles. The predicted octanol–water partition coefficient (Wildman–Crippen LogP) is 3.85. The van der Waals surface area contributed by atoms with Crippen LogP contribution in [0, 0.1) is 0 Å². The molecular weight excluding hydrogens is 284 g/mol. The van der Waals surface area contributed by atoms with Crippen molar-refractivity contribution in [1.82, 2.24) is 9.80 Å². The summed E-state index contributed by atoms with van der Waals surface area (Å²) in [5.74, 6) is 0.0260. The lowest BCUT2D eigenvalue weighted by molar-refractivity contribution is 0.0828. The molecule has 0 atom stereocenters. The molecule has 0 aromatic heterocycles. The third kappa shape index (κ3) is 3.30. The zero-order chi connectivity index (χ0) is 17.2. The van der Waals surface area contributed by atoms with Crippen LogP contribution in [-0.4, -0.2) is 43.9 Å². The molecule has 0 spiro atoms. The highest BCUT2D eigenvalue weighted by Crippen LogP contribution is 2.36. The molecule has 2 aromatic carbocycles. The van der Waals surface area contributed by atoms with E-state index in [1.807, 2.05) is 30.3 Å². The van der Waals surface area contributed by atoms with Crippen molar-refractivity contribution in [3.63, 3.8) is 0 Å². The summed E-state index contributed by atoms with van der Waals surface area (Å²) in [6.07, 6.45) is 0. The van der Waals surface area contributed by atoms with Gasteiger partial charge in [-0.15, -0.1) is 0 Å². The van der Waals surface area contributed by atoms with Crippen LogP contribution in [0.4, 0.5) is 0 Å². The normalized spacial score (nSPS) is 11.6. The van der Waals surface area contributed by atoms with Crippen LogP contribution in [0.25, 0.3) is 11.1 Å². The summed E-state index contributed by atoms with van der Waals surface area (Å²) < 4.78 is 0. The van der Waals surface area contributed by atoms with E-state index < -0.39 is 0 Å². The molecule has 1 amide bonds. The van der Waals surface area contributed by atoms with Crippen molar-refractivity contribution in [2.24, 2.45) is 0 Å². The number of rotatable bonds is 4. The molecule has 0 fully saturated rings. The Morgan fingerprint density at radius 2 is 1.35 bits per heavy atom. The van der Waals surface area contributed by atoms with E-state index >= 15 is 0 Å². The zero-order valence-electron chi connectivity index (χ0n) is 14.9. The van der Waals surface area contributed by atoms with E-state index in [0.717, 1.165) is 16.7 Å². The van der Waals surface area contributed by atoms with Crippen molar-refractivity contribution in [1.29, 1.82) is 0 Å². The molecule has 0 radical (unpaired) electrons. The van der Waals surface area contributed by atoms with Crippen molar-refractivity contribution >= 4 is 5.91 Å². The number of hydrogen-bond acceptors (Lipinski definition) is 2. The molecule has 3 nitrogen and oxygen atoms in total. The Labute approximate surface area is 139 Å². The number of hydrogen-bond donors (Lipinski definition) is 0. The molecule has 122 valence electrons. The molecule has 0 heterocycles. The minimum Gasteiger partial charge on any atom is -0.345 e. The molecule has 2 aromatic rings. The van der Waals surface area contributed by atoms with E-state index in [-0.39, 0.29) is 11.4 Å². The first-order valence-corrected chi connectivity index (χ1v) is 7.84. The van der Waals surface area contributed by atoms with E-state index in [2.05, 4.69) is 51.0 Å². The fourth-order valence-electron chi connectivity index (χ4n) is 2.64. The number of benzene rings is 2. The second-order valence-electron chi connectivity index (χ2n) is 6.74. The first-order chi connectivity index (χ1) is 10.8. The van der Waals surface area contributed by atoms with Gasteiger partial charge in [-0.3, -0.25) is 4.79 Å². The Balaban J connectivity index is 2.68. The first kappa shape index (κ1) is 17.2. The third-order valence-corrected chi connectivity index (χ3v) is 4.56. The van der Waals surface area contributed by atoms with Crippen LogP contribution in [0.5, 0.6) is 0 Å². The SMILES string of the molecule is CN(C)C(=O)c1ccccc1-c1ccccc1C(C)(C)N(C)C. The molecule has 0 unspecified atom stereocenters. The second kappa shape index (κ2) is 6.55. The second-order valence-corrected chi connectivity index (χ2v) is 6.74. The summed E-state index contributed by atoms with van der Waals surface area (Å²) in [5.41, 5.74) is 3.91. The minimum absolute atomic E-state index is 0.0260. The van der Waals surface area contributed by atoms with Gasteiger partial charge in [0.1, 0.15) is 0 Å². The highest BCUT2D eigenvalue weighted by Gasteiger charge is 2.27. The van der Waals surface area contributed by atoms with Gasteiger partial charge in [0.2, 0.25) is 0 Å². The summed E-state index contributed by atoms with van der Waals surface area (Å²) in [7, 11) is 7.73. The van der Waals surface area contributed by atoms with Crippen LogP contribution in [0.2, 0.25) is 0 Å². The molecule has 0 bridgehead atoms. The third-order valence-electron chi connectivity index (χ3n) is 4.56. The van der Waals surface area contributed by atoms with Gasteiger partial charge in [-0.1, -0.05) is 42.5 Å². The van der Waals surface area contributed by atoms with E-state index in [4.69, 9.17) is 0 Å². The van der Waals surface area contributed by atoms with Crippen LogP contribution in [0.15, 0.2) is 48.5 Å². The Hall–Kier alpha value is -2.13. The highest BCUT2D eigenvalue weighted by molar-refractivity contribution is 6.01. The quantitative estimate of drug-likeness (QED) is 0.856. The van der Waals surface area contributed by atoms with Crippen LogP contribution in [-0.2, 0) is 5.54 Å². The van der Waals surface area contributed by atoms with E-state index in [1.165, 1.54) is 5.56 Å². The Morgan fingerprint density at radius 3 is 1.91 bits per heavy atom. The van der Waals surface area contributed by atoms with Gasteiger partial charge in [-0.05, 0) is 50.7 Å². The van der Waals surface area contributed by atoms with E-state index in [9.17, 15) is 4.79 Å². The molecule has 2 rings (SSSR count). The standard InChI is InChI=1S/C20H26N2O/c1-20(2,22(5)6)18-14-10-9-12-16(18)15-11-7-8-13-17(15)19(23)21(3)4/h7-14H,1-6H3. The maximum atomic E-state index is 12.5. The summed E-state index contributed by atoms with van der Waals surface area (Å²) in [5, 5.41) is 0. The van der Waals surface area contributed by atoms with Crippen molar-refractivity contribution in [3.05, 3.63) is 59.7 Å². The van der Waals surface area contributed by atoms with E-state index in [1.54, 1.807) is 19.0 Å². The lowest BCUT2D eigenvalue weighted by Crippen LogP contribution is -2.35. The number of amides is 1. The van der Waals surface area contributed by atoms with Gasteiger partial charge < -0.3 is 9.80 Å². The maximum absolute atomic E-state index is 12.5. The molecule has 0 saturated carbocycles. The maximum Gasteiger partial charge on any atom is 0.253 e. The smallest absolute Gasteiger partial charge is 0.253 e. The fraction of sp³-hybridized carbons (Fsp3) is 0.350. The highest BCUT2D eigenvalue weighted by atomic mass is 16.2. The zero-order valence-corrected chi connectivity index (χ0v) is 14.9. The monoisotopic (exact) mass is 310 g/mol. The number of carbonyl (C=O) groups excluding carboxylic acids is 1. The average molecular weight is 310 g/mol. The number of carbonyl (C=O) groups is 1. The Morgan fingerprint density at radius 1 is 0.826 bits per heavy atom. The first-order valence-electron chi connectivity index (χ1n) is 7.84. The topological polar surface area (TPSA) is 23.6 Å². The van der Waals surface area contributed by atoms with Crippen LogP contribution in [0.3, 0.4) is 0 Å². The van der Waals surface area contributed by atoms with E-state index in [0.29, 0.717) is 0 Å². The van der Waals surface area contributed by atoms with Crippen molar-refractivity contribution in [3.8, 4) is 11.1 Å². The van der Waals surface area contributed by atoms with Crippen molar-refractivity contribution in [2.45, 2.75) is 19.4 Å². The molecule has 23 heavy (non-hydrogen) atoms. The summed E-state index contributed by atoms with van der Waals surface area (Å²) in [6, 6.07) is 16.2. The van der Waals surface area contributed by atoms with Crippen LogP contribution in [0.1, 0.15) is 29.8 Å². The van der Waals surface area contributed by atoms with Crippen LogP contribution >= 0.6 is 0 Å². The predicted molar refractivity (Wildman–Crippen MR) is 96.6 cm³/mol. The molecule has 0 aliphatic rings. The van der Waals surface area contributed by atoms with Crippen molar-refractivity contribution < 1.29 is 4.79 Å². The van der Waals surface area contributed by atoms with Gasteiger partial charge in [0.25, 0.3) is 5.91 Å². The summed E-state index contributed by atoms with van der Waals surface area (Å²) in [6.45, 7) is 4.39. The number of nitrogens with zero attached hydrogens (tertiary/aromatic N) is 2. The van der Waals surface area contributed by atoms with Gasteiger partial charge >= 0.3 is 0 Å². The van der Waals surface area contributed by atoms with Crippen molar-refractivity contribution in [2.75, 3.05) is 28.2 Å². The van der Waals surface area contributed by atoms with Gasteiger partial charge in [-0.2, -0.15) is 0 Å². The van der Waals surface area contributed by atoms with Gasteiger partial charge in [0, 0.05) is 25.2 Å². The summed E-state index contributed by atoms with van der Waals surface area (Å²) >= 11 is 0.